The van der Waals surface area contributed by atoms with Crippen LogP contribution in [0.2, 0.25) is 0 Å². The van der Waals surface area contributed by atoms with Crippen LogP contribution in [0.4, 0.5) is 11.5 Å². The maximum atomic E-state index is 12.4. The van der Waals surface area contributed by atoms with Crippen molar-refractivity contribution >= 4 is 17.4 Å². The summed E-state index contributed by atoms with van der Waals surface area (Å²) in [5.41, 5.74) is 3.39. The SMILES string of the molecule is CCc1cc(NCCCC(=O)N2CCc3ccccc32)nc(C)n1. The van der Waals surface area contributed by atoms with Gasteiger partial charge in [0.05, 0.1) is 0 Å². The molecule has 24 heavy (non-hydrogen) atoms. The van der Waals surface area contributed by atoms with E-state index in [9.17, 15) is 4.79 Å². The first-order valence-electron chi connectivity index (χ1n) is 8.64. The van der Waals surface area contributed by atoms with Crippen LogP contribution in [0.15, 0.2) is 30.3 Å². The van der Waals surface area contributed by atoms with Crippen LogP contribution in [-0.2, 0) is 17.6 Å². The molecule has 126 valence electrons. The van der Waals surface area contributed by atoms with Crippen LogP contribution in [-0.4, -0.2) is 29.0 Å². The zero-order valence-corrected chi connectivity index (χ0v) is 14.4. The van der Waals surface area contributed by atoms with Gasteiger partial charge in [-0.15, -0.1) is 0 Å². The van der Waals surface area contributed by atoms with Crippen molar-refractivity contribution in [2.45, 2.75) is 39.5 Å². The molecule has 1 aliphatic rings. The Morgan fingerprint density at radius 3 is 2.96 bits per heavy atom. The molecular formula is C19H24N4O. The second kappa shape index (κ2) is 7.43. The summed E-state index contributed by atoms with van der Waals surface area (Å²) >= 11 is 0. The average Bonchev–Trinajstić information content (AvgIpc) is 3.02. The third-order valence-electron chi connectivity index (χ3n) is 4.31. The van der Waals surface area contributed by atoms with Crippen molar-refractivity contribution in [2.24, 2.45) is 0 Å². The van der Waals surface area contributed by atoms with E-state index in [-0.39, 0.29) is 5.91 Å². The van der Waals surface area contributed by atoms with Crippen molar-refractivity contribution in [3.63, 3.8) is 0 Å². The van der Waals surface area contributed by atoms with E-state index in [4.69, 9.17) is 0 Å². The molecule has 1 amide bonds. The average molecular weight is 324 g/mol. The molecule has 0 saturated heterocycles. The molecule has 0 atom stereocenters. The number of nitrogens with one attached hydrogen (secondary N) is 1. The Morgan fingerprint density at radius 2 is 2.12 bits per heavy atom. The monoisotopic (exact) mass is 324 g/mol. The number of para-hydroxylation sites is 1. The number of rotatable bonds is 6. The molecule has 0 radical (unpaired) electrons. The van der Waals surface area contributed by atoms with Gasteiger partial charge in [0, 0.05) is 37.0 Å². The van der Waals surface area contributed by atoms with E-state index >= 15 is 0 Å². The lowest BCUT2D eigenvalue weighted by Gasteiger charge is -2.17. The van der Waals surface area contributed by atoms with E-state index in [1.165, 1.54) is 5.56 Å². The molecule has 2 aromatic rings. The predicted molar refractivity (Wildman–Crippen MR) is 96.4 cm³/mol. The highest BCUT2D eigenvalue weighted by Crippen LogP contribution is 2.28. The van der Waals surface area contributed by atoms with Gasteiger partial charge >= 0.3 is 0 Å². The number of fused-ring (bicyclic) bond motifs is 1. The van der Waals surface area contributed by atoms with Crippen LogP contribution in [0.1, 0.15) is 36.8 Å². The molecule has 2 heterocycles. The molecule has 1 aromatic heterocycles. The number of hydrogen-bond donors (Lipinski definition) is 1. The minimum atomic E-state index is 0.204. The first-order chi connectivity index (χ1) is 11.7. The fourth-order valence-electron chi connectivity index (χ4n) is 3.09. The number of aryl methyl sites for hydroxylation is 2. The predicted octanol–water partition coefficient (Wildman–Crippen LogP) is 3.13. The summed E-state index contributed by atoms with van der Waals surface area (Å²) < 4.78 is 0. The molecule has 0 spiro atoms. The zero-order valence-electron chi connectivity index (χ0n) is 14.4. The molecule has 1 N–H and O–H groups in total. The summed E-state index contributed by atoms with van der Waals surface area (Å²) in [6.45, 7) is 5.52. The number of aromatic nitrogens is 2. The van der Waals surface area contributed by atoms with E-state index < -0.39 is 0 Å². The minimum Gasteiger partial charge on any atom is -0.370 e. The standard InChI is InChI=1S/C19H24N4O/c1-3-16-13-18(22-14(2)21-16)20-11-6-9-19(24)23-12-10-15-7-4-5-8-17(15)23/h4-5,7-8,13H,3,6,9-12H2,1-2H3,(H,20,21,22). The maximum absolute atomic E-state index is 12.4. The molecule has 0 saturated carbocycles. The number of carbonyl (C=O) groups is 1. The van der Waals surface area contributed by atoms with Crippen molar-refractivity contribution in [1.29, 1.82) is 0 Å². The van der Waals surface area contributed by atoms with Crippen LogP contribution in [0.3, 0.4) is 0 Å². The van der Waals surface area contributed by atoms with E-state index in [1.54, 1.807) is 0 Å². The van der Waals surface area contributed by atoms with Crippen molar-refractivity contribution in [1.82, 2.24) is 9.97 Å². The Hall–Kier alpha value is -2.43. The molecule has 0 aliphatic carbocycles. The van der Waals surface area contributed by atoms with Gasteiger partial charge in [-0.05, 0) is 37.8 Å². The van der Waals surface area contributed by atoms with Gasteiger partial charge < -0.3 is 10.2 Å². The summed E-state index contributed by atoms with van der Waals surface area (Å²) in [6.07, 6.45) is 3.19. The van der Waals surface area contributed by atoms with Crippen LogP contribution in [0.25, 0.3) is 0 Å². The van der Waals surface area contributed by atoms with Crippen LogP contribution < -0.4 is 10.2 Å². The molecule has 1 aliphatic heterocycles. The molecule has 5 nitrogen and oxygen atoms in total. The van der Waals surface area contributed by atoms with Crippen molar-refractivity contribution < 1.29 is 4.79 Å². The first kappa shape index (κ1) is 16.4. The van der Waals surface area contributed by atoms with Crippen molar-refractivity contribution in [2.75, 3.05) is 23.3 Å². The Labute approximate surface area is 143 Å². The topological polar surface area (TPSA) is 58.1 Å². The quantitative estimate of drug-likeness (QED) is 0.830. The van der Waals surface area contributed by atoms with Gasteiger partial charge in [-0.2, -0.15) is 0 Å². The summed E-state index contributed by atoms with van der Waals surface area (Å²) in [7, 11) is 0. The smallest absolute Gasteiger partial charge is 0.227 e. The number of amides is 1. The molecule has 3 rings (SSSR count). The molecule has 1 aromatic carbocycles. The number of hydrogen-bond acceptors (Lipinski definition) is 4. The second-order valence-corrected chi connectivity index (χ2v) is 6.10. The third kappa shape index (κ3) is 3.72. The second-order valence-electron chi connectivity index (χ2n) is 6.10. The lowest BCUT2D eigenvalue weighted by atomic mass is 10.2. The summed E-state index contributed by atoms with van der Waals surface area (Å²) in [4.78, 5) is 23.1. The van der Waals surface area contributed by atoms with Gasteiger partial charge in [-0.1, -0.05) is 25.1 Å². The number of benzene rings is 1. The van der Waals surface area contributed by atoms with E-state index in [2.05, 4.69) is 28.3 Å². The number of nitrogens with zero attached hydrogens (tertiary/aromatic N) is 3. The van der Waals surface area contributed by atoms with Crippen LogP contribution in [0.5, 0.6) is 0 Å². The van der Waals surface area contributed by atoms with E-state index in [1.807, 2.05) is 36.1 Å². The van der Waals surface area contributed by atoms with Gasteiger partial charge in [0.1, 0.15) is 11.6 Å². The molecule has 0 fully saturated rings. The summed E-state index contributed by atoms with van der Waals surface area (Å²) in [6, 6.07) is 10.1. The van der Waals surface area contributed by atoms with Gasteiger partial charge in [0.2, 0.25) is 5.91 Å². The fraction of sp³-hybridized carbons (Fsp3) is 0.421. The summed E-state index contributed by atoms with van der Waals surface area (Å²) in [5, 5.41) is 3.30. The zero-order chi connectivity index (χ0) is 16.9. The van der Waals surface area contributed by atoms with E-state index in [0.29, 0.717) is 6.42 Å². The third-order valence-corrected chi connectivity index (χ3v) is 4.31. The van der Waals surface area contributed by atoms with Crippen LogP contribution >= 0.6 is 0 Å². The highest BCUT2D eigenvalue weighted by atomic mass is 16.2. The Morgan fingerprint density at radius 1 is 1.29 bits per heavy atom. The van der Waals surface area contributed by atoms with E-state index in [0.717, 1.165) is 55.4 Å². The van der Waals surface area contributed by atoms with Gasteiger partial charge in [-0.25, -0.2) is 9.97 Å². The normalized spacial score (nSPS) is 13.0. The van der Waals surface area contributed by atoms with Gasteiger partial charge in [0.15, 0.2) is 0 Å². The molecule has 0 bridgehead atoms. The highest BCUT2D eigenvalue weighted by molar-refractivity contribution is 5.95. The molecule has 5 heteroatoms. The minimum absolute atomic E-state index is 0.204. The van der Waals surface area contributed by atoms with Crippen LogP contribution in [0, 0.1) is 6.92 Å². The lowest BCUT2D eigenvalue weighted by molar-refractivity contribution is -0.118. The number of carbonyl (C=O) groups excluding carboxylic acids is 1. The van der Waals surface area contributed by atoms with Crippen molar-refractivity contribution in [3.05, 3.63) is 47.4 Å². The number of anilines is 2. The van der Waals surface area contributed by atoms with Crippen molar-refractivity contribution in [3.8, 4) is 0 Å². The Balaban J connectivity index is 1.49. The highest BCUT2D eigenvalue weighted by Gasteiger charge is 2.23. The first-order valence-corrected chi connectivity index (χ1v) is 8.64. The Bertz CT molecular complexity index is 729. The fourth-order valence-corrected chi connectivity index (χ4v) is 3.09. The molecule has 0 unspecified atom stereocenters. The molecular weight excluding hydrogens is 300 g/mol. The maximum Gasteiger partial charge on any atom is 0.227 e. The van der Waals surface area contributed by atoms with Gasteiger partial charge in [-0.3, -0.25) is 4.79 Å². The summed E-state index contributed by atoms with van der Waals surface area (Å²) in [5.74, 6) is 1.83. The lowest BCUT2D eigenvalue weighted by Crippen LogP contribution is -2.29. The largest absolute Gasteiger partial charge is 0.370 e. The van der Waals surface area contributed by atoms with Gasteiger partial charge in [0.25, 0.3) is 0 Å². The Kier molecular flexibility index (Phi) is 5.08.